The molecule has 1 N–H and O–H groups in total. The highest BCUT2D eigenvalue weighted by Crippen LogP contribution is 2.28. The van der Waals surface area contributed by atoms with E-state index in [1.54, 1.807) is 31.6 Å². The van der Waals surface area contributed by atoms with Crippen LogP contribution in [0.25, 0.3) is 22.3 Å². The van der Waals surface area contributed by atoms with E-state index in [1.165, 1.54) is 0 Å². The minimum Gasteiger partial charge on any atom is -0.496 e. The number of rotatable bonds is 4. The van der Waals surface area contributed by atoms with Gasteiger partial charge in [-0.2, -0.15) is 5.10 Å². The average molecular weight is 348 g/mol. The predicted molar refractivity (Wildman–Crippen MR) is 96.2 cm³/mol. The van der Waals surface area contributed by atoms with Crippen LogP contribution < -0.4 is 9.47 Å². The SMILES string of the molecule is COc1ccccc1-c1cc(C(=O)Oc2ccc3c(c2)ncn3C)[nH]n1. The van der Waals surface area contributed by atoms with Crippen LogP contribution in [0.2, 0.25) is 0 Å². The van der Waals surface area contributed by atoms with Gasteiger partial charge in [-0.05, 0) is 30.3 Å². The summed E-state index contributed by atoms with van der Waals surface area (Å²) in [5.74, 6) is 0.586. The smallest absolute Gasteiger partial charge is 0.361 e. The maximum atomic E-state index is 12.4. The molecule has 26 heavy (non-hydrogen) atoms. The molecular weight excluding hydrogens is 332 g/mol. The second-order valence-corrected chi connectivity index (χ2v) is 5.76. The zero-order valence-corrected chi connectivity index (χ0v) is 14.3. The van der Waals surface area contributed by atoms with Gasteiger partial charge in [-0.25, -0.2) is 9.78 Å². The van der Waals surface area contributed by atoms with E-state index in [2.05, 4.69) is 15.2 Å². The van der Waals surface area contributed by atoms with Gasteiger partial charge in [0, 0.05) is 18.7 Å². The first kappa shape index (κ1) is 15.9. The van der Waals surface area contributed by atoms with Crippen molar-refractivity contribution in [3.8, 4) is 22.8 Å². The fourth-order valence-electron chi connectivity index (χ4n) is 2.76. The molecule has 7 nitrogen and oxygen atoms in total. The summed E-state index contributed by atoms with van der Waals surface area (Å²) in [5.41, 5.74) is 3.38. The number of benzene rings is 2. The molecule has 0 spiro atoms. The summed E-state index contributed by atoms with van der Waals surface area (Å²) in [6.45, 7) is 0. The molecule has 0 amide bonds. The molecule has 4 rings (SSSR count). The summed E-state index contributed by atoms with van der Waals surface area (Å²) in [6.07, 6.45) is 1.71. The molecule has 0 saturated carbocycles. The Bertz CT molecular complexity index is 1100. The van der Waals surface area contributed by atoms with Gasteiger partial charge in [0.05, 0.1) is 30.2 Å². The molecule has 0 bridgehead atoms. The first-order chi connectivity index (χ1) is 12.7. The second-order valence-electron chi connectivity index (χ2n) is 5.76. The fourth-order valence-corrected chi connectivity index (χ4v) is 2.76. The van der Waals surface area contributed by atoms with Crippen LogP contribution in [0, 0.1) is 0 Å². The lowest BCUT2D eigenvalue weighted by Gasteiger charge is -2.04. The quantitative estimate of drug-likeness (QED) is 0.452. The Morgan fingerprint density at radius 1 is 1.15 bits per heavy atom. The number of carbonyl (C=O) groups is 1. The third kappa shape index (κ3) is 2.79. The Balaban J connectivity index is 1.57. The number of imidazole rings is 1. The monoisotopic (exact) mass is 348 g/mol. The molecule has 0 atom stereocenters. The van der Waals surface area contributed by atoms with Crippen LogP contribution >= 0.6 is 0 Å². The van der Waals surface area contributed by atoms with E-state index < -0.39 is 5.97 Å². The number of H-pyrrole nitrogens is 1. The average Bonchev–Trinajstić information content (AvgIpc) is 3.29. The van der Waals surface area contributed by atoms with Crippen molar-refractivity contribution in [1.82, 2.24) is 19.7 Å². The third-order valence-electron chi connectivity index (χ3n) is 4.09. The van der Waals surface area contributed by atoms with E-state index in [1.807, 2.05) is 41.9 Å². The molecule has 2 aromatic carbocycles. The van der Waals surface area contributed by atoms with Crippen molar-refractivity contribution >= 4 is 17.0 Å². The van der Waals surface area contributed by atoms with Crippen molar-refractivity contribution < 1.29 is 14.3 Å². The highest BCUT2D eigenvalue weighted by atomic mass is 16.5. The molecule has 130 valence electrons. The van der Waals surface area contributed by atoms with Crippen LogP contribution in [0.5, 0.6) is 11.5 Å². The number of hydrogen-bond acceptors (Lipinski definition) is 5. The lowest BCUT2D eigenvalue weighted by atomic mass is 10.1. The number of aromatic nitrogens is 4. The number of methoxy groups -OCH3 is 1. The highest BCUT2D eigenvalue weighted by molar-refractivity contribution is 5.91. The standard InChI is InChI=1S/C19H16N4O3/c1-23-11-20-15-9-12(7-8-17(15)23)26-19(24)16-10-14(21-22-16)13-5-3-4-6-18(13)25-2/h3-11H,1-2H3,(H,21,22). The van der Waals surface area contributed by atoms with E-state index in [0.29, 0.717) is 17.2 Å². The van der Waals surface area contributed by atoms with Crippen LogP contribution in [0.15, 0.2) is 54.9 Å². The molecule has 0 saturated heterocycles. The molecule has 0 radical (unpaired) electrons. The van der Waals surface area contributed by atoms with Gasteiger partial charge in [0.15, 0.2) is 0 Å². The molecule has 4 aromatic rings. The summed E-state index contributed by atoms with van der Waals surface area (Å²) in [4.78, 5) is 16.7. The van der Waals surface area contributed by atoms with Gasteiger partial charge in [0.1, 0.15) is 17.2 Å². The number of esters is 1. The number of aryl methyl sites for hydroxylation is 1. The van der Waals surface area contributed by atoms with Crippen LogP contribution in [-0.2, 0) is 7.05 Å². The molecule has 0 aliphatic carbocycles. The molecule has 0 unspecified atom stereocenters. The number of fused-ring (bicyclic) bond motifs is 1. The van der Waals surface area contributed by atoms with Gasteiger partial charge in [-0.3, -0.25) is 5.10 Å². The maximum absolute atomic E-state index is 12.4. The van der Waals surface area contributed by atoms with Gasteiger partial charge >= 0.3 is 5.97 Å². The normalized spacial score (nSPS) is 10.8. The Morgan fingerprint density at radius 3 is 2.85 bits per heavy atom. The van der Waals surface area contributed by atoms with Crippen LogP contribution in [0.3, 0.4) is 0 Å². The zero-order valence-electron chi connectivity index (χ0n) is 14.3. The zero-order chi connectivity index (χ0) is 18.1. The molecule has 2 aromatic heterocycles. The van der Waals surface area contributed by atoms with Crippen LogP contribution in [-0.4, -0.2) is 32.8 Å². The summed E-state index contributed by atoms with van der Waals surface area (Å²) in [6, 6.07) is 14.4. The lowest BCUT2D eigenvalue weighted by Crippen LogP contribution is -2.08. The van der Waals surface area contributed by atoms with Crippen molar-refractivity contribution in [1.29, 1.82) is 0 Å². The van der Waals surface area contributed by atoms with Crippen molar-refractivity contribution in [3.05, 3.63) is 60.6 Å². The summed E-state index contributed by atoms with van der Waals surface area (Å²) in [7, 11) is 3.50. The van der Waals surface area contributed by atoms with E-state index in [0.717, 1.165) is 16.6 Å². The van der Waals surface area contributed by atoms with E-state index >= 15 is 0 Å². The predicted octanol–water partition coefficient (Wildman–Crippen LogP) is 3.19. The van der Waals surface area contributed by atoms with E-state index in [9.17, 15) is 4.79 Å². The highest BCUT2D eigenvalue weighted by Gasteiger charge is 2.16. The third-order valence-corrected chi connectivity index (χ3v) is 4.09. The fraction of sp³-hybridized carbons (Fsp3) is 0.105. The Hall–Kier alpha value is -3.61. The van der Waals surface area contributed by atoms with Gasteiger partial charge in [-0.1, -0.05) is 12.1 Å². The van der Waals surface area contributed by atoms with Gasteiger partial charge in [-0.15, -0.1) is 0 Å². The molecule has 0 aliphatic rings. The number of nitrogens with zero attached hydrogens (tertiary/aromatic N) is 3. The van der Waals surface area contributed by atoms with Crippen molar-refractivity contribution in [3.63, 3.8) is 0 Å². The maximum Gasteiger partial charge on any atom is 0.361 e. The molecule has 0 fully saturated rings. The summed E-state index contributed by atoms with van der Waals surface area (Å²) < 4.78 is 12.7. The second kappa shape index (κ2) is 6.36. The number of hydrogen-bond donors (Lipinski definition) is 1. The van der Waals surface area contributed by atoms with Crippen LogP contribution in [0.1, 0.15) is 10.5 Å². The first-order valence-electron chi connectivity index (χ1n) is 7.98. The van der Waals surface area contributed by atoms with Gasteiger partial charge in [0.2, 0.25) is 0 Å². The summed E-state index contributed by atoms with van der Waals surface area (Å²) in [5, 5.41) is 6.91. The minimum atomic E-state index is -0.520. The topological polar surface area (TPSA) is 82.0 Å². The number of ether oxygens (including phenoxy) is 2. The molecular formula is C19H16N4O3. The number of aromatic amines is 1. The van der Waals surface area contributed by atoms with Crippen molar-refractivity contribution in [2.24, 2.45) is 7.05 Å². The Morgan fingerprint density at radius 2 is 2.00 bits per heavy atom. The molecule has 7 heteroatoms. The first-order valence-corrected chi connectivity index (χ1v) is 7.98. The molecule has 2 heterocycles. The Kier molecular flexibility index (Phi) is 3.89. The van der Waals surface area contributed by atoms with Crippen LogP contribution in [0.4, 0.5) is 0 Å². The number of para-hydroxylation sites is 1. The van der Waals surface area contributed by atoms with Crippen molar-refractivity contribution in [2.75, 3.05) is 7.11 Å². The minimum absolute atomic E-state index is 0.257. The lowest BCUT2D eigenvalue weighted by molar-refractivity contribution is 0.0729. The van der Waals surface area contributed by atoms with E-state index in [4.69, 9.17) is 9.47 Å². The van der Waals surface area contributed by atoms with E-state index in [-0.39, 0.29) is 5.69 Å². The number of carbonyl (C=O) groups excluding carboxylic acids is 1. The van der Waals surface area contributed by atoms with Crippen molar-refractivity contribution in [2.45, 2.75) is 0 Å². The molecule has 0 aliphatic heterocycles. The largest absolute Gasteiger partial charge is 0.496 e. The van der Waals surface area contributed by atoms with Gasteiger partial charge in [0.25, 0.3) is 0 Å². The Labute approximate surface area is 149 Å². The van der Waals surface area contributed by atoms with Gasteiger partial charge < -0.3 is 14.0 Å². The summed E-state index contributed by atoms with van der Waals surface area (Å²) >= 11 is 0. The number of nitrogens with one attached hydrogen (secondary N) is 1.